The molecule has 162 valence electrons. The molecule has 0 unspecified atom stereocenters. The number of aryl methyl sites for hydroxylation is 1. The van der Waals surface area contributed by atoms with Gasteiger partial charge in [-0.05, 0) is 49.6 Å². The predicted molar refractivity (Wildman–Crippen MR) is 123 cm³/mol. The summed E-state index contributed by atoms with van der Waals surface area (Å²) in [5.74, 6) is 5.64. The van der Waals surface area contributed by atoms with Crippen LogP contribution in [0.25, 0.3) is 10.9 Å². The first-order valence-corrected chi connectivity index (χ1v) is 11.9. The van der Waals surface area contributed by atoms with Crippen molar-refractivity contribution in [2.45, 2.75) is 50.8 Å². The molecular formula is C25H27NO4S. The van der Waals surface area contributed by atoms with Crippen molar-refractivity contribution in [3.05, 3.63) is 65.4 Å². The van der Waals surface area contributed by atoms with E-state index in [0.717, 1.165) is 24.8 Å². The number of hydrogen-bond acceptors (Lipinski definition) is 4. The quantitative estimate of drug-likeness (QED) is 0.286. The average molecular weight is 438 g/mol. The Morgan fingerprint density at radius 2 is 1.77 bits per heavy atom. The summed E-state index contributed by atoms with van der Waals surface area (Å²) >= 11 is 0. The summed E-state index contributed by atoms with van der Waals surface area (Å²) in [6, 6.07) is 13.3. The van der Waals surface area contributed by atoms with E-state index in [0.29, 0.717) is 23.0 Å². The lowest BCUT2D eigenvalue weighted by molar-refractivity contribution is 0.0601. The van der Waals surface area contributed by atoms with Crippen molar-refractivity contribution in [3.8, 4) is 11.8 Å². The van der Waals surface area contributed by atoms with Crippen molar-refractivity contribution in [1.82, 2.24) is 3.97 Å². The Bertz CT molecular complexity index is 1240. The molecule has 0 N–H and O–H groups in total. The van der Waals surface area contributed by atoms with Crippen molar-refractivity contribution < 1.29 is 17.9 Å². The Labute approximate surface area is 184 Å². The van der Waals surface area contributed by atoms with E-state index in [2.05, 4.69) is 18.8 Å². The smallest absolute Gasteiger partial charge is 0.337 e. The third-order valence-corrected chi connectivity index (χ3v) is 6.85. The van der Waals surface area contributed by atoms with Gasteiger partial charge in [-0.3, -0.25) is 0 Å². The number of rotatable bonds is 7. The van der Waals surface area contributed by atoms with Gasteiger partial charge in [0.1, 0.15) is 5.69 Å². The summed E-state index contributed by atoms with van der Waals surface area (Å²) in [4.78, 5) is 12.2. The van der Waals surface area contributed by atoms with Crippen LogP contribution in [0.5, 0.6) is 0 Å². The fourth-order valence-corrected chi connectivity index (χ4v) is 4.84. The molecule has 6 heteroatoms. The fourth-order valence-electron chi connectivity index (χ4n) is 3.38. The lowest BCUT2D eigenvalue weighted by atomic mass is 10.1. The lowest BCUT2D eigenvalue weighted by Gasteiger charge is -2.10. The highest BCUT2D eigenvalue weighted by atomic mass is 32.2. The van der Waals surface area contributed by atoms with Gasteiger partial charge in [-0.25, -0.2) is 17.2 Å². The van der Waals surface area contributed by atoms with E-state index in [1.54, 1.807) is 48.5 Å². The maximum absolute atomic E-state index is 13.5. The van der Waals surface area contributed by atoms with Crippen LogP contribution in [-0.4, -0.2) is 25.5 Å². The van der Waals surface area contributed by atoms with Gasteiger partial charge in [0, 0.05) is 11.8 Å². The number of benzene rings is 2. The molecule has 0 radical (unpaired) electrons. The molecule has 0 aliphatic heterocycles. The second kappa shape index (κ2) is 9.84. The van der Waals surface area contributed by atoms with Crippen LogP contribution in [0.3, 0.4) is 0 Å². The minimum atomic E-state index is -3.91. The van der Waals surface area contributed by atoms with Crippen molar-refractivity contribution in [3.63, 3.8) is 0 Å². The van der Waals surface area contributed by atoms with Crippen LogP contribution in [-0.2, 0) is 14.8 Å². The largest absolute Gasteiger partial charge is 0.465 e. The van der Waals surface area contributed by atoms with E-state index in [1.807, 2.05) is 6.92 Å². The topological polar surface area (TPSA) is 65.4 Å². The van der Waals surface area contributed by atoms with Crippen LogP contribution in [0.2, 0.25) is 0 Å². The molecule has 0 aliphatic rings. The van der Waals surface area contributed by atoms with E-state index < -0.39 is 16.0 Å². The molecule has 2 aromatic carbocycles. The van der Waals surface area contributed by atoms with Crippen LogP contribution in [0.15, 0.2) is 53.4 Å². The highest BCUT2D eigenvalue weighted by Gasteiger charge is 2.23. The standard InChI is InChI=1S/C25H27NO4S/c1-4-5-6-7-8-9-10-22-17-20-13-14-21(25(27)30-3)18-24(20)26(22)31(28,29)23-15-11-19(2)12-16-23/h11-18H,4-8H2,1-3H3. The molecule has 0 saturated carbocycles. The molecule has 0 spiro atoms. The highest BCUT2D eigenvalue weighted by Crippen LogP contribution is 2.27. The second-order valence-electron chi connectivity index (χ2n) is 7.49. The first-order valence-electron chi connectivity index (χ1n) is 10.4. The van der Waals surface area contributed by atoms with Gasteiger partial charge < -0.3 is 4.74 Å². The Morgan fingerprint density at radius 3 is 2.45 bits per heavy atom. The van der Waals surface area contributed by atoms with Gasteiger partial charge in [-0.2, -0.15) is 0 Å². The van der Waals surface area contributed by atoms with Gasteiger partial charge in [0.15, 0.2) is 0 Å². The molecule has 31 heavy (non-hydrogen) atoms. The van der Waals surface area contributed by atoms with E-state index in [9.17, 15) is 13.2 Å². The maximum Gasteiger partial charge on any atom is 0.337 e. The zero-order valence-electron chi connectivity index (χ0n) is 18.1. The lowest BCUT2D eigenvalue weighted by Crippen LogP contribution is -2.15. The van der Waals surface area contributed by atoms with Gasteiger partial charge in [0.2, 0.25) is 0 Å². The molecule has 3 aromatic rings. The Kier molecular flexibility index (Phi) is 7.19. The van der Waals surface area contributed by atoms with Crippen molar-refractivity contribution in [2.75, 3.05) is 7.11 Å². The summed E-state index contributed by atoms with van der Waals surface area (Å²) in [6.07, 6.45) is 5.12. The molecular weight excluding hydrogens is 410 g/mol. The molecule has 0 amide bonds. The third kappa shape index (κ3) is 5.00. The zero-order chi connectivity index (χ0) is 22.4. The second-order valence-corrected chi connectivity index (χ2v) is 9.28. The number of esters is 1. The molecule has 0 atom stereocenters. The van der Waals surface area contributed by atoms with Crippen LogP contribution in [0.4, 0.5) is 0 Å². The summed E-state index contributed by atoms with van der Waals surface area (Å²) in [5.41, 5.74) is 2.04. The summed E-state index contributed by atoms with van der Waals surface area (Å²) in [7, 11) is -2.61. The zero-order valence-corrected chi connectivity index (χ0v) is 19.0. The monoisotopic (exact) mass is 437 g/mol. The number of nitrogens with zero attached hydrogens (tertiary/aromatic N) is 1. The Morgan fingerprint density at radius 1 is 1.03 bits per heavy atom. The first-order chi connectivity index (χ1) is 14.9. The molecule has 1 heterocycles. The SMILES string of the molecule is CCCCCCC#Cc1cc2ccc(C(=O)OC)cc2n1S(=O)(=O)c1ccc(C)cc1. The highest BCUT2D eigenvalue weighted by molar-refractivity contribution is 7.90. The predicted octanol–water partition coefficient (Wildman–Crippen LogP) is 5.30. The van der Waals surface area contributed by atoms with E-state index in [4.69, 9.17) is 4.74 Å². The number of fused-ring (bicyclic) bond motifs is 1. The van der Waals surface area contributed by atoms with E-state index in [-0.39, 0.29) is 10.5 Å². The van der Waals surface area contributed by atoms with Gasteiger partial charge >= 0.3 is 5.97 Å². The van der Waals surface area contributed by atoms with Crippen molar-refractivity contribution in [1.29, 1.82) is 0 Å². The number of ether oxygens (including phenoxy) is 1. The molecule has 1 aromatic heterocycles. The van der Waals surface area contributed by atoms with Gasteiger partial charge in [-0.1, -0.05) is 55.9 Å². The van der Waals surface area contributed by atoms with Gasteiger partial charge in [0.25, 0.3) is 10.0 Å². The van der Waals surface area contributed by atoms with Crippen molar-refractivity contribution >= 4 is 26.9 Å². The molecule has 5 nitrogen and oxygen atoms in total. The number of unbranched alkanes of at least 4 members (excludes halogenated alkanes) is 4. The minimum Gasteiger partial charge on any atom is -0.465 e. The third-order valence-electron chi connectivity index (χ3n) is 5.11. The first kappa shape index (κ1) is 22.6. The number of carbonyl (C=O) groups is 1. The average Bonchev–Trinajstić information content (AvgIpc) is 3.14. The summed E-state index contributed by atoms with van der Waals surface area (Å²) in [6.45, 7) is 4.06. The Hall–Kier alpha value is -3.04. The van der Waals surface area contributed by atoms with Crippen LogP contribution in [0, 0.1) is 18.8 Å². The van der Waals surface area contributed by atoms with Gasteiger partial charge in [-0.15, -0.1) is 0 Å². The molecule has 0 bridgehead atoms. The minimum absolute atomic E-state index is 0.171. The number of aromatic nitrogens is 1. The number of hydrogen-bond donors (Lipinski definition) is 0. The summed E-state index contributed by atoms with van der Waals surface area (Å²) < 4.78 is 33.1. The molecule has 0 saturated heterocycles. The van der Waals surface area contributed by atoms with Crippen molar-refractivity contribution in [2.24, 2.45) is 0 Å². The Balaban J connectivity index is 2.13. The van der Waals surface area contributed by atoms with Crippen LogP contribution >= 0.6 is 0 Å². The van der Waals surface area contributed by atoms with Gasteiger partial charge in [0.05, 0.1) is 23.1 Å². The van der Waals surface area contributed by atoms with E-state index in [1.165, 1.54) is 17.5 Å². The van der Waals surface area contributed by atoms with Crippen LogP contribution in [0.1, 0.15) is 60.6 Å². The summed E-state index contributed by atoms with van der Waals surface area (Å²) in [5, 5.41) is 0.693. The molecule has 3 rings (SSSR count). The molecule has 0 fully saturated rings. The van der Waals surface area contributed by atoms with E-state index >= 15 is 0 Å². The molecule has 0 aliphatic carbocycles. The van der Waals surface area contributed by atoms with Crippen LogP contribution < -0.4 is 0 Å². The fraction of sp³-hybridized carbons (Fsp3) is 0.320. The number of methoxy groups -OCH3 is 1. The number of carbonyl (C=O) groups excluding carboxylic acids is 1. The normalized spacial score (nSPS) is 11.2. The maximum atomic E-state index is 13.5.